The first kappa shape index (κ1) is 53.8. The minimum absolute atomic E-state index is 0.0335. The Balaban J connectivity index is 1.83. The van der Waals surface area contributed by atoms with Crippen LogP contribution in [0.5, 0.6) is 0 Å². The van der Waals surface area contributed by atoms with E-state index in [1.54, 1.807) is 0 Å². The zero-order valence-corrected chi connectivity index (χ0v) is 36.2. The van der Waals surface area contributed by atoms with Gasteiger partial charge in [-0.15, -0.1) is 0 Å². The van der Waals surface area contributed by atoms with Crippen LogP contribution in [0.25, 0.3) is 0 Å². The van der Waals surface area contributed by atoms with Gasteiger partial charge in [0.15, 0.2) is 12.6 Å². The van der Waals surface area contributed by atoms with E-state index in [1.165, 1.54) is 0 Å². The smallest absolute Gasteiger partial charge is 0.306 e. The van der Waals surface area contributed by atoms with Crippen LogP contribution >= 0.6 is 0 Å². The van der Waals surface area contributed by atoms with Gasteiger partial charge in [-0.3, -0.25) is 4.79 Å². The number of aliphatic hydroxyl groups excluding tert-OH is 7. The van der Waals surface area contributed by atoms with Gasteiger partial charge < -0.3 is 64.2 Å². The van der Waals surface area contributed by atoms with Gasteiger partial charge in [0.25, 0.3) is 0 Å². The van der Waals surface area contributed by atoms with E-state index in [4.69, 9.17) is 28.4 Å². The van der Waals surface area contributed by atoms with Gasteiger partial charge in [0.05, 0.1) is 26.4 Å². The van der Waals surface area contributed by atoms with Gasteiger partial charge in [0.1, 0.15) is 54.9 Å². The van der Waals surface area contributed by atoms with E-state index < -0.39 is 86.7 Å². The molecule has 0 aromatic rings. The van der Waals surface area contributed by atoms with Crippen molar-refractivity contribution in [2.75, 3.05) is 33.0 Å². The monoisotopic (exact) mass is 855 g/mol. The Kier molecular flexibility index (Phi) is 30.7. The summed E-state index contributed by atoms with van der Waals surface area (Å²) in [6, 6.07) is 0. The standard InChI is InChI=1S/C46H78O14/c1-3-5-7-9-11-13-15-16-17-18-19-20-22-24-26-28-30-55-32-35(58-38(48)29-27-25-23-21-14-12-10-8-6-4-2)33-56-45-44(54)42(52)40(50)37(60-45)34-57-46-43(53)41(51)39(49)36(31-47)59-46/h5,7-8,10-11,13,16-17,19-20,35-37,39-47,49-54H,3-4,6,9,12,14-15,18,21-34H2,1-2H3/b7-5-,10-8-,13-11-,17-16-,20-19-. The molecule has 0 radical (unpaired) electrons. The lowest BCUT2D eigenvalue weighted by atomic mass is 9.98. The van der Waals surface area contributed by atoms with E-state index in [1.807, 2.05) is 0 Å². The Morgan fingerprint density at radius 1 is 0.567 bits per heavy atom. The van der Waals surface area contributed by atoms with Crippen LogP contribution in [0.2, 0.25) is 0 Å². The number of esters is 1. The van der Waals surface area contributed by atoms with Crippen molar-refractivity contribution >= 4 is 5.97 Å². The Morgan fingerprint density at radius 2 is 1.08 bits per heavy atom. The van der Waals surface area contributed by atoms with Crippen molar-refractivity contribution in [2.24, 2.45) is 0 Å². The third-order valence-corrected chi connectivity index (χ3v) is 10.2. The summed E-state index contributed by atoms with van der Waals surface area (Å²) in [5, 5.41) is 71.8. The molecule has 11 atom stereocenters. The molecule has 2 aliphatic rings. The van der Waals surface area contributed by atoms with Crippen LogP contribution in [-0.4, -0.2) is 142 Å². The number of ether oxygens (including phenoxy) is 6. The summed E-state index contributed by atoms with van der Waals surface area (Å²) in [5.41, 5.74) is 0. The van der Waals surface area contributed by atoms with E-state index in [9.17, 15) is 40.5 Å². The van der Waals surface area contributed by atoms with Crippen molar-refractivity contribution in [3.05, 3.63) is 60.8 Å². The third-order valence-electron chi connectivity index (χ3n) is 10.2. The summed E-state index contributed by atoms with van der Waals surface area (Å²) in [6.45, 7) is 3.38. The maximum Gasteiger partial charge on any atom is 0.306 e. The molecule has 7 N–H and O–H groups in total. The number of aliphatic hydroxyl groups is 7. The molecule has 0 aromatic carbocycles. The van der Waals surface area contributed by atoms with Gasteiger partial charge in [-0.2, -0.15) is 0 Å². The number of rotatable bonds is 33. The predicted molar refractivity (Wildman–Crippen MR) is 229 cm³/mol. The van der Waals surface area contributed by atoms with E-state index in [0.717, 1.165) is 96.3 Å². The van der Waals surface area contributed by atoms with E-state index in [0.29, 0.717) is 13.0 Å². The minimum Gasteiger partial charge on any atom is -0.457 e. The quantitative estimate of drug-likeness (QED) is 0.0263. The van der Waals surface area contributed by atoms with E-state index in [-0.39, 0.29) is 19.6 Å². The highest BCUT2D eigenvalue weighted by molar-refractivity contribution is 5.69. The number of allylic oxidation sites excluding steroid dienone is 10. The summed E-state index contributed by atoms with van der Waals surface area (Å²) in [6.07, 6.45) is 21.6. The zero-order chi connectivity index (χ0) is 43.8. The van der Waals surface area contributed by atoms with E-state index >= 15 is 0 Å². The fraction of sp³-hybridized carbons (Fsp3) is 0.761. The first-order chi connectivity index (χ1) is 29.1. The summed E-state index contributed by atoms with van der Waals surface area (Å²) in [7, 11) is 0. The van der Waals surface area contributed by atoms with Crippen LogP contribution in [0.15, 0.2) is 60.8 Å². The lowest BCUT2D eigenvalue weighted by molar-refractivity contribution is -0.332. The number of carbonyl (C=O) groups is 1. The SMILES string of the molecule is CC/C=C\C/C=C\C/C=C\C/C=C\CCCCCOCC(COC1OC(COC2OC(CO)C(O)C(O)C2O)C(O)C(O)C1O)OC(=O)CCCCCCC/C=C\CCC. The highest BCUT2D eigenvalue weighted by Gasteiger charge is 2.47. The summed E-state index contributed by atoms with van der Waals surface area (Å²) >= 11 is 0. The number of unbranched alkanes of at least 4 members (excludes halogenated alkanes) is 9. The number of hydrogen-bond donors (Lipinski definition) is 7. The van der Waals surface area contributed by atoms with Crippen LogP contribution in [0, 0.1) is 0 Å². The molecule has 0 aliphatic carbocycles. The molecule has 346 valence electrons. The summed E-state index contributed by atoms with van der Waals surface area (Å²) in [5.74, 6) is -0.404. The van der Waals surface area contributed by atoms with Crippen molar-refractivity contribution in [3.8, 4) is 0 Å². The van der Waals surface area contributed by atoms with Crippen LogP contribution < -0.4 is 0 Å². The molecule has 60 heavy (non-hydrogen) atoms. The first-order valence-electron chi connectivity index (χ1n) is 22.4. The molecular formula is C46H78O14. The fourth-order valence-corrected chi connectivity index (χ4v) is 6.57. The predicted octanol–water partition coefficient (Wildman–Crippen LogP) is 5.01. The Labute approximate surface area is 358 Å². The van der Waals surface area contributed by atoms with Gasteiger partial charge in [0.2, 0.25) is 0 Å². The van der Waals surface area contributed by atoms with Crippen molar-refractivity contribution in [1.29, 1.82) is 0 Å². The second-order valence-electron chi connectivity index (χ2n) is 15.5. The second kappa shape index (κ2) is 34.2. The second-order valence-corrected chi connectivity index (χ2v) is 15.5. The first-order valence-corrected chi connectivity index (χ1v) is 22.4. The molecule has 0 saturated carbocycles. The van der Waals surface area contributed by atoms with Gasteiger partial charge in [0, 0.05) is 13.0 Å². The molecule has 14 nitrogen and oxygen atoms in total. The third kappa shape index (κ3) is 22.7. The van der Waals surface area contributed by atoms with Gasteiger partial charge in [-0.1, -0.05) is 107 Å². The molecule has 0 aromatic heterocycles. The van der Waals surface area contributed by atoms with Crippen molar-refractivity contribution in [2.45, 2.75) is 191 Å². The largest absolute Gasteiger partial charge is 0.457 e. The molecule has 2 saturated heterocycles. The van der Waals surface area contributed by atoms with Crippen molar-refractivity contribution in [3.63, 3.8) is 0 Å². The Morgan fingerprint density at radius 3 is 1.72 bits per heavy atom. The topological polar surface area (TPSA) is 214 Å². The van der Waals surface area contributed by atoms with Gasteiger partial charge in [-0.05, 0) is 70.6 Å². The Hall–Kier alpha value is -2.31. The molecular weight excluding hydrogens is 776 g/mol. The molecule has 2 fully saturated rings. The molecule has 2 aliphatic heterocycles. The maximum atomic E-state index is 12.9. The van der Waals surface area contributed by atoms with E-state index in [2.05, 4.69) is 74.6 Å². The fourth-order valence-electron chi connectivity index (χ4n) is 6.57. The average molecular weight is 855 g/mol. The van der Waals surface area contributed by atoms with Gasteiger partial charge in [-0.25, -0.2) is 0 Å². The molecule has 2 rings (SSSR count). The molecule has 0 bridgehead atoms. The van der Waals surface area contributed by atoms with Crippen LogP contribution in [-0.2, 0) is 33.2 Å². The molecule has 0 spiro atoms. The summed E-state index contributed by atoms with van der Waals surface area (Å²) < 4.78 is 34.0. The molecule has 14 heteroatoms. The molecule has 2 heterocycles. The van der Waals surface area contributed by atoms with Crippen molar-refractivity contribution < 1.29 is 69.0 Å². The Bertz CT molecular complexity index is 1220. The van der Waals surface area contributed by atoms with Crippen LogP contribution in [0.3, 0.4) is 0 Å². The van der Waals surface area contributed by atoms with Crippen LogP contribution in [0.4, 0.5) is 0 Å². The van der Waals surface area contributed by atoms with Crippen molar-refractivity contribution in [1.82, 2.24) is 0 Å². The van der Waals surface area contributed by atoms with Crippen LogP contribution in [0.1, 0.15) is 123 Å². The average Bonchev–Trinajstić information content (AvgIpc) is 3.24. The molecule has 11 unspecified atom stereocenters. The number of hydrogen-bond acceptors (Lipinski definition) is 14. The normalized spacial score (nSPS) is 28.3. The number of carbonyl (C=O) groups excluding carboxylic acids is 1. The minimum atomic E-state index is -1.71. The lowest BCUT2D eigenvalue weighted by Gasteiger charge is -2.42. The highest BCUT2D eigenvalue weighted by atomic mass is 16.7. The zero-order valence-electron chi connectivity index (χ0n) is 36.2. The maximum absolute atomic E-state index is 12.9. The highest BCUT2D eigenvalue weighted by Crippen LogP contribution is 2.26. The summed E-state index contributed by atoms with van der Waals surface area (Å²) in [4.78, 5) is 12.9. The molecule has 0 amide bonds. The lowest BCUT2D eigenvalue weighted by Crippen LogP contribution is -2.61. The van der Waals surface area contributed by atoms with Gasteiger partial charge >= 0.3 is 5.97 Å².